The van der Waals surface area contributed by atoms with Gasteiger partial charge in [0.2, 0.25) is 0 Å². The van der Waals surface area contributed by atoms with Crippen LogP contribution in [0, 0.1) is 0 Å². The molecule has 0 aliphatic rings. The van der Waals surface area contributed by atoms with Crippen molar-refractivity contribution in [3.63, 3.8) is 0 Å². The van der Waals surface area contributed by atoms with Gasteiger partial charge in [-0.15, -0.1) is 0 Å². The molecule has 0 atom stereocenters. The molecule has 0 rings (SSSR count). The Balaban J connectivity index is -0.00000180. The summed E-state index contributed by atoms with van der Waals surface area (Å²) in [6.07, 6.45) is 16.0. The van der Waals surface area contributed by atoms with Crippen LogP contribution in [0.15, 0.2) is 0 Å². The van der Waals surface area contributed by atoms with Crippen molar-refractivity contribution in [2.75, 3.05) is 6.61 Å². The summed E-state index contributed by atoms with van der Waals surface area (Å²) in [6.45, 7) is 2.29. The molecule has 0 aromatic rings. The van der Waals surface area contributed by atoms with Gasteiger partial charge in [0.25, 0.3) is 0 Å². The zero-order chi connectivity index (χ0) is 15.1. The van der Waals surface area contributed by atoms with E-state index in [9.17, 15) is 14.4 Å². The van der Waals surface area contributed by atoms with Gasteiger partial charge in [0.15, 0.2) is 0 Å². The minimum Gasteiger partial charge on any atom is -0.790 e. The summed E-state index contributed by atoms with van der Waals surface area (Å²) in [4.78, 5) is 20.4. The summed E-state index contributed by atoms with van der Waals surface area (Å²) in [7, 11) is -4.75. The smallest absolute Gasteiger partial charge is 0.790 e. The summed E-state index contributed by atoms with van der Waals surface area (Å²) >= 11 is 0. The molecule has 0 N–H and O–H groups in total. The molecule has 7 heteroatoms. The number of phosphoric ester groups is 1. The molecule has 0 heterocycles. The SMILES string of the molecule is CCCCCCCCCCCCCCCOP(=O)([O-])[O-].[Ca+2].[Na+]. The van der Waals surface area contributed by atoms with Gasteiger partial charge in [-0.25, -0.2) is 0 Å². The molecular formula is C15H31CaNaO4P+. The zero-order valence-electron chi connectivity index (χ0n) is 14.7. The van der Waals surface area contributed by atoms with Crippen molar-refractivity contribution >= 4 is 45.6 Å². The Morgan fingerprint density at radius 1 is 0.727 bits per heavy atom. The fourth-order valence-electron chi connectivity index (χ4n) is 2.30. The molecule has 0 aliphatic heterocycles. The molecule has 0 amide bonds. The minimum atomic E-state index is -4.75. The Labute approximate surface area is 189 Å². The fraction of sp³-hybridized carbons (Fsp3) is 1.00. The van der Waals surface area contributed by atoms with Crippen molar-refractivity contribution in [2.24, 2.45) is 0 Å². The van der Waals surface area contributed by atoms with Crippen LogP contribution in [0.25, 0.3) is 0 Å². The Hall–Kier alpha value is 2.37. The summed E-state index contributed by atoms with van der Waals surface area (Å²) in [5.74, 6) is 0. The Morgan fingerprint density at radius 3 is 1.36 bits per heavy atom. The summed E-state index contributed by atoms with van der Waals surface area (Å²) in [5.41, 5.74) is 0. The predicted octanol–water partition coefficient (Wildman–Crippen LogP) is 0.546. The van der Waals surface area contributed by atoms with Crippen molar-refractivity contribution < 1.29 is 48.4 Å². The molecule has 122 valence electrons. The topological polar surface area (TPSA) is 72.4 Å². The standard InChI is InChI=1S/C15H33O4P.Ca.Na/c1-2-3-4-5-6-7-8-9-10-11-12-13-14-15-19-20(16,17)18;;/h2-15H2,1H3,(H2,16,17,18);;/q;+2;+1/p-2. The molecule has 4 nitrogen and oxygen atoms in total. The van der Waals surface area contributed by atoms with Crippen molar-refractivity contribution in [2.45, 2.75) is 90.4 Å². The molecule has 0 unspecified atom stereocenters. The van der Waals surface area contributed by atoms with Crippen LogP contribution in [0.2, 0.25) is 0 Å². The minimum absolute atomic E-state index is 0. The van der Waals surface area contributed by atoms with E-state index in [1.807, 2.05) is 0 Å². The first-order valence-electron chi connectivity index (χ1n) is 8.23. The molecule has 0 aliphatic carbocycles. The second kappa shape index (κ2) is 21.4. The fourth-order valence-corrected chi connectivity index (χ4v) is 2.65. The first kappa shape index (κ1) is 29.1. The number of hydrogen-bond acceptors (Lipinski definition) is 4. The molecule has 0 saturated heterocycles. The molecule has 0 saturated carbocycles. The van der Waals surface area contributed by atoms with Crippen LogP contribution in [-0.4, -0.2) is 44.3 Å². The molecule has 0 fully saturated rings. The third-order valence-corrected chi connectivity index (χ3v) is 4.00. The monoisotopic (exact) mass is 369 g/mol. The number of phosphoric acid groups is 1. The maximum atomic E-state index is 10.2. The third-order valence-electron chi connectivity index (χ3n) is 3.50. The van der Waals surface area contributed by atoms with Crippen LogP contribution in [-0.2, 0) is 9.09 Å². The van der Waals surface area contributed by atoms with Gasteiger partial charge < -0.3 is 18.9 Å². The summed E-state index contributed by atoms with van der Waals surface area (Å²) < 4.78 is 14.4. The van der Waals surface area contributed by atoms with E-state index in [4.69, 9.17) is 0 Å². The number of hydrogen-bond donors (Lipinski definition) is 0. The number of rotatable bonds is 15. The first-order valence-corrected chi connectivity index (χ1v) is 9.69. The van der Waals surface area contributed by atoms with Gasteiger partial charge in [-0.3, -0.25) is 0 Å². The van der Waals surface area contributed by atoms with Crippen LogP contribution in [0.3, 0.4) is 0 Å². The molecule has 0 radical (unpaired) electrons. The Morgan fingerprint density at radius 2 is 1.05 bits per heavy atom. The maximum Gasteiger partial charge on any atom is 2.00 e. The second-order valence-corrected chi connectivity index (χ2v) is 6.68. The molecule has 0 aromatic heterocycles. The largest absolute Gasteiger partial charge is 2.00 e. The van der Waals surface area contributed by atoms with Crippen molar-refractivity contribution in [1.82, 2.24) is 0 Å². The van der Waals surface area contributed by atoms with Crippen LogP contribution in [0.1, 0.15) is 90.4 Å². The van der Waals surface area contributed by atoms with Crippen LogP contribution < -0.4 is 39.3 Å². The molecule has 0 spiro atoms. The Bertz CT molecular complexity index is 252. The van der Waals surface area contributed by atoms with E-state index >= 15 is 0 Å². The van der Waals surface area contributed by atoms with Gasteiger partial charge >= 0.3 is 67.3 Å². The van der Waals surface area contributed by atoms with Crippen LogP contribution >= 0.6 is 7.82 Å². The van der Waals surface area contributed by atoms with Crippen molar-refractivity contribution in [3.05, 3.63) is 0 Å². The molecule has 22 heavy (non-hydrogen) atoms. The summed E-state index contributed by atoms with van der Waals surface area (Å²) in [6, 6.07) is 0. The quantitative estimate of drug-likeness (QED) is 0.240. The van der Waals surface area contributed by atoms with Gasteiger partial charge in [-0.1, -0.05) is 84.0 Å². The number of unbranched alkanes of at least 4 members (excludes halogenated alkanes) is 12. The van der Waals surface area contributed by atoms with Gasteiger partial charge in [0.05, 0.1) is 14.4 Å². The van der Waals surface area contributed by atoms with E-state index in [0.717, 1.165) is 12.8 Å². The van der Waals surface area contributed by atoms with E-state index in [0.29, 0.717) is 6.42 Å². The van der Waals surface area contributed by atoms with Gasteiger partial charge in [-0.2, -0.15) is 0 Å². The van der Waals surface area contributed by atoms with E-state index < -0.39 is 7.82 Å². The third kappa shape index (κ3) is 27.2. The van der Waals surface area contributed by atoms with Gasteiger partial charge in [0.1, 0.15) is 0 Å². The average Bonchev–Trinajstić information content (AvgIpc) is 2.38. The summed E-state index contributed by atoms with van der Waals surface area (Å²) in [5, 5.41) is 0. The van der Waals surface area contributed by atoms with Gasteiger partial charge in [0, 0.05) is 0 Å². The molecule has 0 aromatic carbocycles. The second-order valence-electron chi connectivity index (χ2n) is 5.52. The van der Waals surface area contributed by atoms with Crippen LogP contribution in [0.5, 0.6) is 0 Å². The Kier molecular flexibility index (Phi) is 28.4. The zero-order valence-corrected chi connectivity index (χ0v) is 19.8. The van der Waals surface area contributed by atoms with Crippen molar-refractivity contribution in [3.8, 4) is 0 Å². The van der Waals surface area contributed by atoms with E-state index in [2.05, 4.69) is 11.4 Å². The molecular weight excluding hydrogens is 338 g/mol. The van der Waals surface area contributed by atoms with Gasteiger partial charge in [-0.05, 0) is 6.42 Å². The predicted molar refractivity (Wildman–Crippen MR) is 85.0 cm³/mol. The van der Waals surface area contributed by atoms with E-state index in [1.54, 1.807) is 0 Å². The van der Waals surface area contributed by atoms with E-state index in [-0.39, 0.29) is 73.9 Å². The average molecular weight is 369 g/mol. The van der Waals surface area contributed by atoms with E-state index in [1.165, 1.54) is 64.2 Å². The normalized spacial score (nSPS) is 10.9. The molecule has 0 bridgehead atoms. The van der Waals surface area contributed by atoms with Crippen LogP contribution in [0.4, 0.5) is 0 Å². The van der Waals surface area contributed by atoms with Crippen molar-refractivity contribution in [1.29, 1.82) is 0 Å². The first-order chi connectivity index (χ1) is 9.56. The maximum absolute atomic E-state index is 10.2.